The average molecular weight is 507 g/mol. The van der Waals surface area contributed by atoms with Crippen LogP contribution in [0.1, 0.15) is 49.8 Å². The molecule has 0 unspecified atom stereocenters. The van der Waals surface area contributed by atoms with Crippen LogP contribution in [0.3, 0.4) is 0 Å². The summed E-state index contributed by atoms with van der Waals surface area (Å²) in [5.74, 6) is -0.549. The Morgan fingerprint density at radius 3 is 2.56 bits per heavy atom. The first-order chi connectivity index (χ1) is 15.2. The summed E-state index contributed by atoms with van der Waals surface area (Å²) in [6.07, 6.45) is 1.01. The molecule has 0 aromatic heterocycles. The van der Waals surface area contributed by atoms with Crippen molar-refractivity contribution < 1.29 is 28.5 Å². The first-order valence-corrected chi connectivity index (χ1v) is 11.3. The van der Waals surface area contributed by atoms with Gasteiger partial charge in [0.2, 0.25) is 0 Å². The highest BCUT2D eigenvalue weighted by molar-refractivity contribution is 9.10. The third kappa shape index (κ3) is 5.33. The summed E-state index contributed by atoms with van der Waals surface area (Å²) in [6.45, 7) is 7.72. The molecule has 0 aliphatic carbocycles. The fourth-order valence-corrected chi connectivity index (χ4v) is 4.81. The van der Waals surface area contributed by atoms with E-state index in [4.69, 9.17) is 19.3 Å². The lowest BCUT2D eigenvalue weighted by Crippen LogP contribution is -2.36. The molecule has 172 valence electrons. The van der Waals surface area contributed by atoms with Crippen molar-refractivity contribution >= 4 is 21.9 Å². The maximum absolute atomic E-state index is 13.5. The van der Waals surface area contributed by atoms with Crippen LogP contribution in [0.25, 0.3) is 0 Å². The van der Waals surface area contributed by atoms with Crippen LogP contribution < -0.4 is 9.47 Å². The first kappa shape index (κ1) is 24.3. The number of carboxylic acids is 1. The van der Waals surface area contributed by atoms with Crippen molar-refractivity contribution in [2.75, 3.05) is 13.7 Å². The van der Waals surface area contributed by atoms with Crippen LogP contribution in [0, 0.1) is 11.7 Å². The Labute approximate surface area is 196 Å². The van der Waals surface area contributed by atoms with Crippen LogP contribution in [0.4, 0.5) is 4.39 Å². The Balaban J connectivity index is 2.05. The number of carboxylic acid groups (broad SMARTS) is 1. The van der Waals surface area contributed by atoms with Gasteiger partial charge in [0, 0.05) is 21.9 Å². The molecule has 0 bridgehead atoms. The minimum Gasteiger partial charge on any atom is -0.493 e. The quantitative estimate of drug-likeness (QED) is 0.427. The molecule has 32 heavy (non-hydrogen) atoms. The molecule has 1 fully saturated rings. The lowest BCUT2D eigenvalue weighted by atomic mass is 9.75. The van der Waals surface area contributed by atoms with Crippen molar-refractivity contribution in [1.29, 1.82) is 0 Å². The zero-order valence-electron chi connectivity index (χ0n) is 18.4. The van der Waals surface area contributed by atoms with Gasteiger partial charge < -0.3 is 19.3 Å². The SMILES string of the molecule is C=C(C)[C@H]1C[C@H](c2ccc(F)cc2)[C@H](CC)O[C@@H]1c1cc(Br)cc(OC)c1OCC(=O)O. The molecule has 1 aliphatic heterocycles. The van der Waals surface area contributed by atoms with Crippen molar-refractivity contribution in [3.8, 4) is 11.5 Å². The fourth-order valence-electron chi connectivity index (χ4n) is 4.36. The Bertz CT molecular complexity index is 975. The number of hydrogen-bond donors (Lipinski definition) is 1. The molecule has 1 heterocycles. The summed E-state index contributed by atoms with van der Waals surface area (Å²) in [6, 6.07) is 10.2. The highest BCUT2D eigenvalue weighted by Crippen LogP contribution is 2.51. The van der Waals surface area contributed by atoms with Gasteiger partial charge >= 0.3 is 5.97 Å². The number of benzene rings is 2. The normalized spacial score (nSPS) is 22.9. The van der Waals surface area contributed by atoms with Crippen LogP contribution in [0.5, 0.6) is 11.5 Å². The van der Waals surface area contributed by atoms with Gasteiger partial charge in [0.1, 0.15) is 5.82 Å². The van der Waals surface area contributed by atoms with E-state index in [9.17, 15) is 9.18 Å². The van der Waals surface area contributed by atoms with Gasteiger partial charge in [-0.05, 0) is 49.6 Å². The molecule has 3 rings (SSSR count). The van der Waals surface area contributed by atoms with Crippen molar-refractivity contribution in [3.05, 3.63) is 70.0 Å². The van der Waals surface area contributed by atoms with Gasteiger partial charge in [-0.3, -0.25) is 0 Å². The molecule has 7 heteroatoms. The predicted octanol–water partition coefficient (Wildman–Crippen LogP) is 6.28. The summed E-state index contributed by atoms with van der Waals surface area (Å²) in [4.78, 5) is 11.2. The summed E-state index contributed by atoms with van der Waals surface area (Å²) in [7, 11) is 1.51. The van der Waals surface area contributed by atoms with Crippen molar-refractivity contribution in [2.24, 2.45) is 5.92 Å². The third-order valence-corrected chi connectivity index (χ3v) is 6.35. The number of carbonyl (C=O) groups is 1. The maximum atomic E-state index is 13.5. The first-order valence-electron chi connectivity index (χ1n) is 10.5. The molecular weight excluding hydrogens is 479 g/mol. The standard InChI is InChI=1S/C25H28BrFO5/c1-5-21-19(15-6-8-17(27)9-7-15)12-18(14(2)3)24(32-21)20-10-16(26)11-22(30-4)25(20)31-13-23(28)29/h6-11,18-19,21,24H,2,5,12-13H2,1,3-4H3,(H,28,29)/t18-,19-,21+,24+/m1/s1. The van der Waals surface area contributed by atoms with Crippen LogP contribution in [-0.4, -0.2) is 30.9 Å². The number of rotatable bonds is 8. The van der Waals surface area contributed by atoms with Crippen LogP contribution in [-0.2, 0) is 9.53 Å². The van der Waals surface area contributed by atoms with E-state index >= 15 is 0 Å². The van der Waals surface area contributed by atoms with Gasteiger partial charge in [-0.25, -0.2) is 9.18 Å². The van der Waals surface area contributed by atoms with E-state index in [1.807, 2.05) is 25.1 Å². The van der Waals surface area contributed by atoms with Gasteiger partial charge in [-0.15, -0.1) is 0 Å². The maximum Gasteiger partial charge on any atom is 0.341 e. The lowest BCUT2D eigenvalue weighted by Gasteiger charge is -2.43. The van der Waals surface area contributed by atoms with Gasteiger partial charge in [-0.2, -0.15) is 0 Å². The topological polar surface area (TPSA) is 65.0 Å². The molecule has 4 atom stereocenters. The van der Waals surface area contributed by atoms with E-state index in [0.717, 1.165) is 28.5 Å². The second-order valence-electron chi connectivity index (χ2n) is 8.06. The Morgan fingerprint density at radius 1 is 1.31 bits per heavy atom. The van der Waals surface area contributed by atoms with Crippen molar-refractivity contribution in [3.63, 3.8) is 0 Å². The van der Waals surface area contributed by atoms with Crippen LogP contribution in [0.2, 0.25) is 0 Å². The van der Waals surface area contributed by atoms with E-state index in [-0.39, 0.29) is 23.8 Å². The fraction of sp³-hybridized carbons (Fsp3) is 0.400. The summed E-state index contributed by atoms with van der Waals surface area (Å²) >= 11 is 3.51. The number of ether oxygens (including phenoxy) is 3. The molecular formula is C25H28BrFO5. The second-order valence-corrected chi connectivity index (χ2v) is 8.97. The summed E-state index contributed by atoms with van der Waals surface area (Å²) in [5.41, 5.74) is 2.68. The van der Waals surface area contributed by atoms with E-state index in [1.165, 1.54) is 19.2 Å². The van der Waals surface area contributed by atoms with Gasteiger partial charge in [0.05, 0.1) is 19.3 Å². The lowest BCUT2D eigenvalue weighted by molar-refractivity contribution is -0.139. The molecule has 2 aromatic carbocycles. The summed E-state index contributed by atoms with van der Waals surface area (Å²) in [5, 5.41) is 9.15. The average Bonchev–Trinajstić information content (AvgIpc) is 2.77. The van der Waals surface area contributed by atoms with E-state index in [2.05, 4.69) is 29.4 Å². The molecule has 0 radical (unpaired) electrons. The number of hydrogen-bond acceptors (Lipinski definition) is 4. The zero-order chi connectivity index (χ0) is 23.4. The smallest absolute Gasteiger partial charge is 0.341 e. The monoisotopic (exact) mass is 506 g/mol. The molecule has 5 nitrogen and oxygen atoms in total. The van der Waals surface area contributed by atoms with Gasteiger partial charge in [-0.1, -0.05) is 47.1 Å². The predicted molar refractivity (Wildman–Crippen MR) is 124 cm³/mol. The van der Waals surface area contributed by atoms with E-state index in [1.54, 1.807) is 6.07 Å². The van der Waals surface area contributed by atoms with E-state index in [0.29, 0.717) is 17.1 Å². The molecule has 1 aliphatic rings. The second kappa shape index (κ2) is 10.5. The molecule has 1 saturated heterocycles. The third-order valence-electron chi connectivity index (χ3n) is 5.89. The van der Waals surface area contributed by atoms with Crippen molar-refractivity contribution in [1.82, 2.24) is 0 Å². The molecule has 0 spiro atoms. The Hall–Kier alpha value is -2.38. The van der Waals surface area contributed by atoms with Gasteiger partial charge in [0.25, 0.3) is 0 Å². The van der Waals surface area contributed by atoms with Crippen LogP contribution >= 0.6 is 15.9 Å². The number of methoxy groups -OCH3 is 1. The highest BCUT2D eigenvalue weighted by Gasteiger charge is 2.40. The minimum atomic E-state index is -1.08. The molecule has 0 amide bonds. The summed E-state index contributed by atoms with van der Waals surface area (Å²) < 4.78 is 32.0. The van der Waals surface area contributed by atoms with Gasteiger partial charge in [0.15, 0.2) is 18.1 Å². The number of aliphatic carboxylic acids is 1. The van der Waals surface area contributed by atoms with Crippen molar-refractivity contribution in [2.45, 2.75) is 44.8 Å². The van der Waals surface area contributed by atoms with Crippen LogP contribution in [0.15, 0.2) is 53.0 Å². The van der Waals surface area contributed by atoms with E-state index < -0.39 is 18.7 Å². The Kier molecular flexibility index (Phi) is 7.96. The molecule has 1 N–H and O–H groups in total. The molecule has 2 aromatic rings. The minimum absolute atomic E-state index is 0.0564. The molecule has 0 saturated carbocycles. The Morgan fingerprint density at radius 2 is 2.00 bits per heavy atom. The zero-order valence-corrected chi connectivity index (χ0v) is 20.0. The largest absolute Gasteiger partial charge is 0.493 e. The highest BCUT2D eigenvalue weighted by atomic mass is 79.9. The number of halogens is 2.